The number of hydrogen-bond acceptors (Lipinski definition) is 6. The number of thiophene rings is 2. The molecule has 0 bridgehead atoms. The summed E-state index contributed by atoms with van der Waals surface area (Å²) in [7, 11) is -0.446. The lowest BCUT2D eigenvalue weighted by atomic mass is 9.89. The SMILES string of the molecule is Brc1ccc2[nH]c3cc4ccccc4c(-c4ccccc4)c3c2c1.Brc1ccc2c(c1)c1c(-c3ccccc3)c3ccccc3cc1n2-c1ccc2sc3ncccc3c2c1.Ic1ccc2sc3ncccc3c2c1.O=[N+]([O-])c1ccc(Br)cc1-c1ccc2ccccc2c1-c1ccccc1.c1ccc(P(c2ccccc2)c2ccccc2)cc1. The molecule has 574 valence electrons. The number of aromatic nitrogens is 4. The number of nitro groups is 1. The Morgan fingerprint density at radius 2 is 0.792 bits per heavy atom. The number of H-pyrrole nitrogens is 1. The molecule has 0 saturated carbocycles. The highest BCUT2D eigenvalue weighted by Gasteiger charge is 2.24. The van der Waals surface area contributed by atoms with Crippen LogP contribution in [0.5, 0.6) is 0 Å². The van der Waals surface area contributed by atoms with Gasteiger partial charge >= 0.3 is 0 Å². The van der Waals surface area contributed by atoms with E-state index in [1.165, 1.54) is 138 Å². The topological polar surface area (TPSA) is 89.6 Å². The van der Waals surface area contributed by atoms with E-state index in [2.05, 4.69) is 399 Å². The van der Waals surface area contributed by atoms with Crippen molar-refractivity contribution in [3.63, 3.8) is 0 Å². The summed E-state index contributed by atoms with van der Waals surface area (Å²) in [6.07, 6.45) is 3.72. The number of pyridine rings is 2. The van der Waals surface area contributed by atoms with Crippen LogP contribution in [0, 0.1) is 13.7 Å². The van der Waals surface area contributed by atoms with Crippen LogP contribution in [0.25, 0.3) is 167 Å². The number of nitrogens with zero attached hydrogens (tertiary/aromatic N) is 4. The molecule has 6 heterocycles. The molecule has 0 unspecified atom stereocenters. The summed E-state index contributed by atoms with van der Waals surface area (Å²) in [6, 6.07) is 138. The molecule has 14 heteroatoms. The molecular weight excluding hydrogens is 1840 g/mol. The Labute approximate surface area is 740 Å². The van der Waals surface area contributed by atoms with Crippen molar-refractivity contribution in [2.24, 2.45) is 0 Å². The lowest BCUT2D eigenvalue weighted by molar-refractivity contribution is -0.384. The van der Waals surface area contributed by atoms with Crippen LogP contribution in [-0.2, 0) is 0 Å². The summed E-state index contributed by atoms with van der Waals surface area (Å²) in [5.74, 6) is 0. The maximum atomic E-state index is 11.6. The number of hydrogen-bond donors (Lipinski definition) is 1. The third kappa shape index (κ3) is 15.6. The average Bonchev–Trinajstić information content (AvgIpc) is 1.54. The maximum absolute atomic E-state index is 11.6. The van der Waals surface area contributed by atoms with Gasteiger partial charge < -0.3 is 9.55 Å². The van der Waals surface area contributed by atoms with Crippen molar-refractivity contribution in [1.29, 1.82) is 0 Å². The molecule has 120 heavy (non-hydrogen) atoms. The second kappa shape index (κ2) is 34.7. The lowest BCUT2D eigenvalue weighted by Gasteiger charge is -2.18. The molecule has 0 amide bonds. The molecule has 0 aliphatic rings. The van der Waals surface area contributed by atoms with E-state index >= 15 is 0 Å². The van der Waals surface area contributed by atoms with Crippen molar-refractivity contribution in [3.05, 3.63) is 434 Å². The number of nitrogens with one attached hydrogen (secondary N) is 1. The third-order valence-corrected chi connectivity index (χ3v) is 28.4. The number of benzene rings is 17. The predicted octanol–water partition coefficient (Wildman–Crippen LogP) is 31.4. The van der Waals surface area contributed by atoms with Crippen molar-refractivity contribution < 1.29 is 4.92 Å². The number of rotatable bonds is 9. The molecule has 23 aromatic rings. The van der Waals surface area contributed by atoms with Crippen molar-refractivity contribution in [2.45, 2.75) is 0 Å². The van der Waals surface area contributed by atoms with E-state index in [9.17, 15) is 10.1 Å². The smallest absolute Gasteiger partial charge is 0.277 e. The molecule has 7 nitrogen and oxygen atoms in total. The first-order valence-electron chi connectivity index (χ1n) is 39.1. The molecule has 0 radical (unpaired) electrons. The largest absolute Gasteiger partial charge is 0.354 e. The molecule has 0 aliphatic carbocycles. The van der Waals surface area contributed by atoms with Crippen LogP contribution in [0.2, 0.25) is 0 Å². The molecule has 1 N–H and O–H groups in total. The van der Waals surface area contributed by atoms with E-state index in [0.717, 1.165) is 56.2 Å². The molecule has 23 rings (SSSR count). The second-order valence-corrected chi connectivity index (χ2v) is 37.2. The van der Waals surface area contributed by atoms with E-state index in [-0.39, 0.29) is 10.6 Å². The van der Waals surface area contributed by atoms with E-state index in [0.29, 0.717) is 5.56 Å². The number of halogens is 4. The van der Waals surface area contributed by atoms with Gasteiger partial charge in [0, 0.05) is 105 Å². The highest BCUT2D eigenvalue weighted by atomic mass is 127. The minimum absolute atomic E-state index is 0.0978. The Bertz CT molecular complexity index is 7680. The standard InChI is InChI=1S/C33H19BrN2S.C22H14BrNO2.C22H14BrN.C18H15P.C11H6INS/c34-22-12-14-28-27(18-22)32-29(17-21-9-4-5-10-24(21)31(32)20-7-2-1-3-8-20)36(28)23-13-15-30-26(19-23)25-11-6-16-35-33(25)37-30;23-17-11-13-21(24(25)26)20(14-17)19-12-10-15-6-4-5-9-18(15)22(19)16-7-2-1-3-8-16;23-16-10-11-19-18(13-16)22-20(24-19)12-15-8-4-5-9-17(15)21(22)14-6-2-1-3-7-14;1-4-10-16(11-5-1)19(17-12-6-2-7-13-17)18-14-8-3-9-15-18;12-7-3-4-10-9(6-7)8-2-1-5-13-11(8)14-10/h1-19H;1-14H;1-13,24H;1-15H;1-6H. The van der Waals surface area contributed by atoms with Gasteiger partial charge in [-0.05, 0) is 239 Å². The Kier molecular flexibility index (Phi) is 22.5. The molecule has 17 aromatic carbocycles. The highest BCUT2D eigenvalue weighted by molar-refractivity contribution is 14.1. The van der Waals surface area contributed by atoms with Crippen LogP contribution in [0.1, 0.15) is 0 Å². The maximum Gasteiger partial charge on any atom is 0.277 e. The van der Waals surface area contributed by atoms with Gasteiger partial charge in [0.2, 0.25) is 0 Å². The summed E-state index contributed by atoms with van der Waals surface area (Å²) in [4.78, 5) is 26.0. The van der Waals surface area contributed by atoms with Gasteiger partial charge in [-0.15, -0.1) is 22.7 Å². The van der Waals surface area contributed by atoms with Crippen LogP contribution in [0.4, 0.5) is 5.69 Å². The zero-order chi connectivity index (χ0) is 81.2. The third-order valence-electron chi connectivity index (χ3n) is 21.6. The molecule has 0 atom stereocenters. The normalized spacial score (nSPS) is 11.3. The van der Waals surface area contributed by atoms with Gasteiger partial charge in [-0.25, -0.2) is 9.97 Å². The minimum Gasteiger partial charge on any atom is -0.354 e. The van der Waals surface area contributed by atoms with Gasteiger partial charge in [0.05, 0.1) is 21.5 Å². The van der Waals surface area contributed by atoms with E-state index < -0.39 is 7.92 Å². The zero-order valence-corrected chi connectivity index (χ0v) is 73.5. The van der Waals surface area contributed by atoms with E-state index in [4.69, 9.17) is 0 Å². The van der Waals surface area contributed by atoms with Crippen LogP contribution < -0.4 is 15.9 Å². The summed E-state index contributed by atoms with van der Waals surface area (Å²) in [5, 5.41) is 33.2. The zero-order valence-electron chi connectivity index (χ0n) is 64.1. The first kappa shape index (κ1) is 77.8. The van der Waals surface area contributed by atoms with Crippen LogP contribution in [0.3, 0.4) is 0 Å². The Morgan fingerprint density at radius 1 is 0.342 bits per heavy atom. The number of aromatic amines is 1. The Hall–Kier alpha value is -12.1. The second-order valence-electron chi connectivity index (χ2n) is 28.9. The Morgan fingerprint density at radius 3 is 1.36 bits per heavy atom. The quantitative estimate of drug-likeness (QED) is 0.0675. The van der Waals surface area contributed by atoms with Gasteiger partial charge in [0.1, 0.15) is 9.66 Å². The summed E-state index contributed by atoms with van der Waals surface area (Å²) in [6.45, 7) is 0. The van der Waals surface area contributed by atoms with Crippen molar-refractivity contribution in [3.8, 4) is 50.2 Å². The number of nitro benzene ring substituents is 1. The Balaban J connectivity index is 0.000000103. The van der Waals surface area contributed by atoms with Crippen molar-refractivity contribution in [2.75, 3.05) is 0 Å². The van der Waals surface area contributed by atoms with Gasteiger partial charge in [-0.1, -0.05) is 315 Å². The lowest BCUT2D eigenvalue weighted by Crippen LogP contribution is -2.20. The van der Waals surface area contributed by atoms with Gasteiger partial charge in [0.25, 0.3) is 5.69 Å². The monoisotopic (exact) mass is 1900 g/mol. The van der Waals surface area contributed by atoms with Gasteiger partial charge in [0.15, 0.2) is 0 Å². The number of fused-ring (bicyclic) bond motifs is 15. The molecule has 0 spiro atoms. The van der Waals surface area contributed by atoms with E-state index in [1.807, 2.05) is 85.2 Å². The molecule has 0 aliphatic heterocycles. The van der Waals surface area contributed by atoms with E-state index in [1.54, 1.807) is 34.8 Å². The summed E-state index contributed by atoms with van der Waals surface area (Å²) >= 11 is 16.7. The predicted molar refractivity (Wildman–Crippen MR) is 533 cm³/mol. The average molecular weight is 1910 g/mol. The van der Waals surface area contributed by atoms with Crippen LogP contribution in [-0.4, -0.2) is 24.4 Å². The molecule has 6 aromatic heterocycles. The van der Waals surface area contributed by atoms with Crippen molar-refractivity contribution in [1.82, 2.24) is 19.5 Å². The van der Waals surface area contributed by atoms with Crippen LogP contribution in [0.15, 0.2) is 420 Å². The van der Waals surface area contributed by atoms with Crippen LogP contribution >= 0.6 is 101 Å². The molecular formula is C106H68Br3IN5O2PS2. The first-order valence-corrected chi connectivity index (χ1v) is 45.5. The fraction of sp³-hybridized carbons (Fsp3) is 0. The fourth-order valence-electron chi connectivity index (χ4n) is 16.4. The summed E-state index contributed by atoms with van der Waals surface area (Å²) in [5.41, 5.74) is 14.6. The highest BCUT2D eigenvalue weighted by Crippen LogP contribution is 2.48. The summed E-state index contributed by atoms with van der Waals surface area (Å²) < 4.78 is 9.27. The fourth-order valence-corrected chi connectivity index (χ4v) is 22.3. The van der Waals surface area contributed by atoms with Gasteiger partial charge in [-0.2, -0.15) is 0 Å². The minimum atomic E-state index is -0.446. The first-order chi connectivity index (χ1) is 59.0. The molecule has 0 saturated heterocycles. The molecule has 0 fully saturated rings. The van der Waals surface area contributed by atoms with Crippen molar-refractivity contribution >= 4 is 239 Å². The van der Waals surface area contributed by atoms with Gasteiger partial charge in [-0.3, -0.25) is 10.1 Å².